The Labute approximate surface area is 146 Å². The maximum atomic E-state index is 13.1. The lowest BCUT2D eigenvalue weighted by molar-refractivity contribution is -0.114. The van der Waals surface area contributed by atoms with Gasteiger partial charge in [-0.2, -0.15) is 0 Å². The Bertz CT molecular complexity index is 744. The molecule has 1 N–H and O–H groups in total. The van der Waals surface area contributed by atoms with E-state index in [1.165, 1.54) is 30.6 Å². The molecule has 8 heteroatoms. The fourth-order valence-electron chi connectivity index (χ4n) is 2.06. The number of hydrogen-bond acceptors (Lipinski definition) is 4. The topological polar surface area (TPSA) is 55.4 Å². The van der Waals surface area contributed by atoms with Gasteiger partial charge in [0, 0.05) is 10.4 Å². The van der Waals surface area contributed by atoms with Gasteiger partial charge in [0.2, 0.25) is 0 Å². The van der Waals surface area contributed by atoms with E-state index in [0.29, 0.717) is 11.1 Å². The van der Waals surface area contributed by atoms with E-state index in [9.17, 15) is 14.0 Å². The number of carbonyl (C=O) groups excluding carboxylic acids is 2. The number of ether oxygens (including phenoxy) is 1. The summed E-state index contributed by atoms with van der Waals surface area (Å²) < 4.78 is 17.9. The largest absolute Gasteiger partial charge is 0.465 e. The highest BCUT2D eigenvalue weighted by Gasteiger charge is 2.26. The van der Waals surface area contributed by atoms with Gasteiger partial charge in [0.05, 0.1) is 7.11 Å². The molecule has 23 heavy (non-hydrogen) atoms. The van der Waals surface area contributed by atoms with E-state index in [1.807, 2.05) is 0 Å². The first-order valence-electron chi connectivity index (χ1n) is 6.41. The van der Waals surface area contributed by atoms with Crippen LogP contribution in [0.5, 0.6) is 0 Å². The fraction of sp³-hybridized carbons (Fsp3) is 0.200. The lowest BCUT2D eigenvalue weighted by Crippen LogP contribution is -2.19. The number of thiophene rings is 1. The molecule has 0 radical (unpaired) electrons. The van der Waals surface area contributed by atoms with Gasteiger partial charge in [0.25, 0.3) is 5.91 Å². The molecular formula is C15H12Cl2FNO3S. The molecule has 0 aliphatic carbocycles. The van der Waals surface area contributed by atoms with Gasteiger partial charge in [0.15, 0.2) is 4.84 Å². The third kappa shape index (κ3) is 3.83. The lowest BCUT2D eigenvalue weighted by Gasteiger charge is -2.08. The van der Waals surface area contributed by atoms with Crippen molar-refractivity contribution < 1.29 is 18.7 Å². The summed E-state index contributed by atoms with van der Waals surface area (Å²) in [5.74, 6) is -1.66. The zero-order chi connectivity index (χ0) is 17.1. The third-order valence-corrected chi connectivity index (χ3v) is 4.46. The van der Waals surface area contributed by atoms with Crippen molar-refractivity contribution in [2.75, 3.05) is 12.4 Å². The van der Waals surface area contributed by atoms with E-state index in [1.54, 1.807) is 19.1 Å². The average Bonchev–Trinajstić information content (AvgIpc) is 2.83. The standard InChI is InChI=1S/C15H12Cl2FNO3S/c1-7-10(8-3-5-9(18)6-4-8)11(15(21)22-2)14(23-7)19-13(20)12(16)17/h3-6,12H,1-2H3,(H,19,20). The maximum Gasteiger partial charge on any atom is 0.341 e. The number of carbonyl (C=O) groups is 2. The van der Waals surface area contributed by atoms with E-state index in [0.717, 1.165) is 4.88 Å². The number of rotatable bonds is 4. The van der Waals surface area contributed by atoms with Crippen LogP contribution in [0, 0.1) is 12.7 Å². The predicted octanol–water partition coefficient (Wildman–Crippen LogP) is 4.39. The number of amides is 1. The van der Waals surface area contributed by atoms with Gasteiger partial charge in [-0.05, 0) is 24.6 Å². The van der Waals surface area contributed by atoms with Crippen molar-refractivity contribution in [1.82, 2.24) is 0 Å². The van der Waals surface area contributed by atoms with Crippen molar-refractivity contribution >= 4 is 51.4 Å². The number of hydrogen-bond donors (Lipinski definition) is 1. The molecule has 0 spiro atoms. The summed E-state index contributed by atoms with van der Waals surface area (Å²) in [4.78, 5) is 23.4. The smallest absolute Gasteiger partial charge is 0.341 e. The molecule has 2 aromatic rings. The summed E-state index contributed by atoms with van der Waals surface area (Å²) in [5.41, 5.74) is 1.39. The molecule has 1 amide bonds. The average molecular weight is 376 g/mol. The summed E-state index contributed by atoms with van der Waals surface area (Å²) in [5, 5.41) is 2.79. The van der Waals surface area contributed by atoms with Crippen LogP contribution < -0.4 is 5.32 Å². The van der Waals surface area contributed by atoms with Gasteiger partial charge in [-0.15, -0.1) is 11.3 Å². The Morgan fingerprint density at radius 1 is 1.26 bits per heavy atom. The van der Waals surface area contributed by atoms with Gasteiger partial charge in [-0.3, -0.25) is 4.79 Å². The predicted molar refractivity (Wildman–Crippen MR) is 89.9 cm³/mol. The first-order chi connectivity index (χ1) is 10.8. The quantitative estimate of drug-likeness (QED) is 0.636. The second kappa shape index (κ2) is 7.29. The van der Waals surface area contributed by atoms with Crippen LogP contribution in [0.1, 0.15) is 15.2 Å². The molecule has 0 aliphatic rings. The van der Waals surface area contributed by atoms with Crippen molar-refractivity contribution in [3.63, 3.8) is 0 Å². The normalized spacial score (nSPS) is 10.7. The number of esters is 1. The molecule has 0 saturated carbocycles. The summed E-state index contributed by atoms with van der Waals surface area (Å²) in [6, 6.07) is 5.68. The number of alkyl halides is 2. The Morgan fingerprint density at radius 3 is 2.39 bits per heavy atom. The van der Waals surface area contributed by atoms with E-state index in [-0.39, 0.29) is 16.4 Å². The first kappa shape index (κ1) is 17.7. The Hall–Kier alpha value is -1.63. The number of aryl methyl sites for hydroxylation is 1. The highest BCUT2D eigenvalue weighted by atomic mass is 35.5. The molecule has 1 aromatic carbocycles. The van der Waals surface area contributed by atoms with Crippen LogP contribution in [0.25, 0.3) is 11.1 Å². The molecule has 2 rings (SSSR count). The molecule has 0 atom stereocenters. The van der Waals surface area contributed by atoms with Crippen LogP contribution in [0.4, 0.5) is 9.39 Å². The number of methoxy groups -OCH3 is 1. The van der Waals surface area contributed by atoms with Gasteiger partial charge in [0.1, 0.15) is 16.4 Å². The van der Waals surface area contributed by atoms with Gasteiger partial charge in [-0.1, -0.05) is 35.3 Å². The van der Waals surface area contributed by atoms with Crippen molar-refractivity contribution in [3.8, 4) is 11.1 Å². The first-order valence-corrected chi connectivity index (χ1v) is 8.10. The van der Waals surface area contributed by atoms with E-state index < -0.39 is 16.7 Å². The Kier molecular flexibility index (Phi) is 5.62. The highest BCUT2D eigenvalue weighted by Crippen LogP contribution is 2.40. The molecular weight excluding hydrogens is 364 g/mol. The minimum atomic E-state index is -1.27. The molecule has 4 nitrogen and oxygen atoms in total. The molecule has 0 fully saturated rings. The second-order valence-electron chi connectivity index (χ2n) is 4.53. The van der Waals surface area contributed by atoms with Crippen molar-refractivity contribution in [3.05, 3.63) is 40.5 Å². The third-order valence-electron chi connectivity index (χ3n) is 3.04. The number of benzene rings is 1. The molecule has 1 heterocycles. The summed E-state index contributed by atoms with van der Waals surface area (Å²) >= 11 is 12.2. The van der Waals surface area contributed by atoms with Crippen LogP contribution in [0.3, 0.4) is 0 Å². The monoisotopic (exact) mass is 375 g/mol. The zero-order valence-corrected chi connectivity index (χ0v) is 14.5. The van der Waals surface area contributed by atoms with E-state index in [2.05, 4.69) is 5.32 Å². The molecule has 0 bridgehead atoms. The second-order valence-corrected chi connectivity index (χ2v) is 6.85. The zero-order valence-electron chi connectivity index (χ0n) is 12.2. The maximum absolute atomic E-state index is 13.1. The number of anilines is 1. The molecule has 0 saturated heterocycles. The Balaban J connectivity index is 2.57. The van der Waals surface area contributed by atoms with E-state index >= 15 is 0 Å². The lowest BCUT2D eigenvalue weighted by atomic mass is 10.0. The highest BCUT2D eigenvalue weighted by molar-refractivity contribution is 7.17. The molecule has 1 aromatic heterocycles. The molecule has 0 aliphatic heterocycles. The number of nitrogens with one attached hydrogen (secondary N) is 1. The summed E-state index contributed by atoms with van der Waals surface area (Å²) in [7, 11) is 1.24. The molecule has 0 unspecified atom stereocenters. The van der Waals surface area contributed by atoms with Gasteiger partial charge >= 0.3 is 5.97 Å². The fourth-order valence-corrected chi connectivity index (χ4v) is 3.24. The minimum Gasteiger partial charge on any atom is -0.465 e. The van der Waals surface area contributed by atoms with Crippen molar-refractivity contribution in [2.24, 2.45) is 0 Å². The van der Waals surface area contributed by atoms with Crippen LogP contribution in [-0.2, 0) is 9.53 Å². The van der Waals surface area contributed by atoms with Crippen LogP contribution >= 0.6 is 34.5 Å². The van der Waals surface area contributed by atoms with Gasteiger partial charge < -0.3 is 10.1 Å². The van der Waals surface area contributed by atoms with Gasteiger partial charge in [-0.25, -0.2) is 9.18 Å². The minimum absolute atomic E-state index is 0.184. The Morgan fingerprint density at radius 2 is 1.87 bits per heavy atom. The van der Waals surface area contributed by atoms with Crippen molar-refractivity contribution in [1.29, 1.82) is 0 Å². The summed E-state index contributed by atoms with van der Waals surface area (Å²) in [6.45, 7) is 1.78. The molecule has 122 valence electrons. The van der Waals surface area contributed by atoms with Crippen LogP contribution in [0.15, 0.2) is 24.3 Å². The van der Waals surface area contributed by atoms with Crippen LogP contribution in [0.2, 0.25) is 0 Å². The van der Waals surface area contributed by atoms with Crippen LogP contribution in [-0.4, -0.2) is 23.8 Å². The number of halogens is 3. The van der Waals surface area contributed by atoms with Crippen molar-refractivity contribution in [2.45, 2.75) is 11.8 Å². The SMILES string of the molecule is COC(=O)c1c(NC(=O)C(Cl)Cl)sc(C)c1-c1ccc(F)cc1. The summed E-state index contributed by atoms with van der Waals surface area (Å²) in [6.07, 6.45) is 0. The van der Waals surface area contributed by atoms with E-state index in [4.69, 9.17) is 27.9 Å².